The fraction of sp³-hybridized carbons (Fsp3) is 0.300. The van der Waals surface area contributed by atoms with Crippen molar-refractivity contribution in [3.63, 3.8) is 0 Å². The molecule has 1 rings (SSSR count). The van der Waals surface area contributed by atoms with E-state index in [9.17, 15) is 26.4 Å². The van der Waals surface area contributed by atoms with Gasteiger partial charge in [0.05, 0.1) is 10.6 Å². The SMILES string of the molecule is C[C@H](NS(=O)(=O)c1c(Cl)cccc1C(F)(F)F)C(=O)O. The van der Waals surface area contributed by atoms with E-state index in [0.717, 1.165) is 19.1 Å². The second-order valence-electron chi connectivity index (χ2n) is 3.80. The smallest absolute Gasteiger partial charge is 0.417 e. The fourth-order valence-corrected chi connectivity index (χ4v) is 3.31. The van der Waals surface area contributed by atoms with Crippen molar-refractivity contribution in [2.75, 3.05) is 0 Å². The number of aliphatic carboxylic acids is 1. The van der Waals surface area contributed by atoms with Crippen molar-refractivity contribution < 1.29 is 31.5 Å². The van der Waals surface area contributed by atoms with Crippen molar-refractivity contribution in [3.05, 3.63) is 28.8 Å². The maximum absolute atomic E-state index is 12.8. The predicted octanol–water partition coefficient (Wildman–Crippen LogP) is 2.11. The number of hydrogen-bond donors (Lipinski definition) is 2. The molecular formula is C10H9ClF3NO4S. The first-order valence-electron chi connectivity index (χ1n) is 5.07. The lowest BCUT2D eigenvalue weighted by molar-refractivity contribution is -0.140. The first-order chi connectivity index (χ1) is 8.97. The summed E-state index contributed by atoms with van der Waals surface area (Å²) in [7, 11) is -4.73. The van der Waals surface area contributed by atoms with Gasteiger partial charge < -0.3 is 5.11 Å². The molecular weight excluding hydrogens is 323 g/mol. The molecule has 5 nitrogen and oxygen atoms in total. The first kappa shape index (κ1) is 16.7. The van der Waals surface area contributed by atoms with E-state index in [1.54, 1.807) is 4.72 Å². The van der Waals surface area contributed by atoms with Crippen molar-refractivity contribution in [1.29, 1.82) is 0 Å². The highest BCUT2D eigenvalue weighted by Gasteiger charge is 2.39. The number of rotatable bonds is 4. The molecule has 0 saturated carbocycles. The van der Waals surface area contributed by atoms with Crippen LogP contribution < -0.4 is 4.72 Å². The summed E-state index contributed by atoms with van der Waals surface area (Å²) in [6.07, 6.45) is -4.94. The molecule has 1 atom stereocenters. The van der Waals surface area contributed by atoms with E-state index in [2.05, 4.69) is 0 Å². The number of nitrogens with one attached hydrogen (secondary N) is 1. The summed E-state index contributed by atoms with van der Waals surface area (Å²) in [5, 5.41) is 7.96. The van der Waals surface area contributed by atoms with E-state index >= 15 is 0 Å². The Bertz CT molecular complexity index is 630. The molecule has 0 unspecified atom stereocenters. The highest BCUT2D eigenvalue weighted by molar-refractivity contribution is 7.89. The van der Waals surface area contributed by atoms with Gasteiger partial charge in [-0.2, -0.15) is 17.9 Å². The van der Waals surface area contributed by atoms with Gasteiger partial charge >= 0.3 is 12.1 Å². The van der Waals surface area contributed by atoms with Crippen LogP contribution >= 0.6 is 11.6 Å². The van der Waals surface area contributed by atoms with E-state index in [0.29, 0.717) is 6.07 Å². The molecule has 0 bridgehead atoms. The van der Waals surface area contributed by atoms with Gasteiger partial charge in [-0.25, -0.2) is 8.42 Å². The van der Waals surface area contributed by atoms with Gasteiger partial charge in [0.25, 0.3) is 0 Å². The molecule has 0 aliphatic rings. The number of sulfonamides is 1. The lowest BCUT2D eigenvalue weighted by atomic mass is 10.2. The third-order valence-electron chi connectivity index (χ3n) is 2.24. The molecule has 0 aliphatic carbocycles. The lowest BCUT2D eigenvalue weighted by Crippen LogP contribution is -2.39. The highest BCUT2D eigenvalue weighted by Crippen LogP contribution is 2.37. The summed E-state index contributed by atoms with van der Waals surface area (Å²) in [6.45, 7) is 0.976. The number of carboxylic acid groups (broad SMARTS) is 1. The third-order valence-corrected chi connectivity index (χ3v) is 4.31. The second kappa shape index (κ2) is 5.58. The van der Waals surface area contributed by atoms with Crippen LogP contribution in [0.2, 0.25) is 5.02 Å². The van der Waals surface area contributed by atoms with Gasteiger partial charge in [0, 0.05) is 0 Å². The van der Waals surface area contributed by atoms with Gasteiger partial charge in [-0.1, -0.05) is 17.7 Å². The summed E-state index contributed by atoms with van der Waals surface area (Å²) in [5.41, 5.74) is -1.46. The van der Waals surface area contributed by atoms with Gasteiger partial charge in [-0.05, 0) is 19.1 Å². The zero-order valence-electron chi connectivity index (χ0n) is 9.90. The molecule has 20 heavy (non-hydrogen) atoms. The van der Waals surface area contributed by atoms with E-state index in [1.165, 1.54) is 0 Å². The van der Waals surface area contributed by atoms with Crippen molar-refractivity contribution in [2.24, 2.45) is 0 Å². The van der Waals surface area contributed by atoms with Crippen molar-refractivity contribution in [1.82, 2.24) is 4.72 Å². The Morgan fingerprint density at radius 2 is 1.95 bits per heavy atom. The summed E-state index contributed by atoms with van der Waals surface area (Å²) in [4.78, 5) is 9.40. The number of hydrogen-bond acceptors (Lipinski definition) is 3. The molecule has 0 fully saturated rings. The van der Waals surface area contributed by atoms with Gasteiger partial charge in [0.1, 0.15) is 10.9 Å². The second-order valence-corrected chi connectivity index (χ2v) is 5.85. The predicted molar refractivity (Wildman–Crippen MR) is 63.9 cm³/mol. The molecule has 112 valence electrons. The Labute approximate surface area is 117 Å². The van der Waals surface area contributed by atoms with Crippen LogP contribution in [0.15, 0.2) is 23.1 Å². The minimum atomic E-state index is -4.94. The maximum Gasteiger partial charge on any atom is 0.417 e. The van der Waals surface area contributed by atoms with Crippen LogP contribution in [0.1, 0.15) is 12.5 Å². The molecule has 0 aliphatic heterocycles. The van der Waals surface area contributed by atoms with Crippen LogP contribution in [0, 0.1) is 0 Å². The van der Waals surface area contributed by atoms with Gasteiger partial charge in [0.15, 0.2) is 0 Å². The molecule has 0 amide bonds. The number of carbonyl (C=O) groups is 1. The van der Waals surface area contributed by atoms with Gasteiger partial charge in [-0.3, -0.25) is 4.79 Å². The Morgan fingerprint density at radius 1 is 1.40 bits per heavy atom. The fourth-order valence-electron chi connectivity index (χ4n) is 1.35. The summed E-state index contributed by atoms with van der Waals surface area (Å²) < 4.78 is 63.7. The topological polar surface area (TPSA) is 83.5 Å². The standard InChI is InChI=1S/C10H9ClF3NO4S/c1-5(9(16)17)15-20(18,19)8-6(10(12,13)14)3-2-4-7(8)11/h2-5,15H,1H3,(H,16,17)/t5-/m0/s1. The molecule has 1 aromatic carbocycles. The Hall–Kier alpha value is -1.32. The van der Waals surface area contributed by atoms with Crippen molar-refractivity contribution in [3.8, 4) is 0 Å². The van der Waals surface area contributed by atoms with Crippen LogP contribution in [0.25, 0.3) is 0 Å². The average Bonchev–Trinajstić information content (AvgIpc) is 2.26. The molecule has 0 saturated heterocycles. The van der Waals surface area contributed by atoms with E-state index in [1.807, 2.05) is 0 Å². The van der Waals surface area contributed by atoms with Crippen molar-refractivity contribution >= 4 is 27.6 Å². The molecule has 2 N–H and O–H groups in total. The largest absolute Gasteiger partial charge is 0.480 e. The van der Waals surface area contributed by atoms with Crippen LogP contribution in [0.3, 0.4) is 0 Å². The van der Waals surface area contributed by atoms with Gasteiger partial charge in [0.2, 0.25) is 10.0 Å². The number of benzene rings is 1. The molecule has 0 heterocycles. The van der Waals surface area contributed by atoms with Crippen LogP contribution in [-0.4, -0.2) is 25.5 Å². The zero-order valence-corrected chi connectivity index (χ0v) is 11.5. The highest BCUT2D eigenvalue weighted by atomic mass is 35.5. The lowest BCUT2D eigenvalue weighted by Gasteiger charge is -2.16. The summed E-state index contributed by atoms with van der Waals surface area (Å²) in [5.74, 6) is -1.53. The minimum Gasteiger partial charge on any atom is -0.480 e. The zero-order chi connectivity index (χ0) is 15.7. The van der Waals surface area contributed by atoms with Crippen LogP contribution in [0.4, 0.5) is 13.2 Å². The normalized spacial score (nSPS) is 14.1. The van der Waals surface area contributed by atoms with E-state index in [4.69, 9.17) is 16.7 Å². The maximum atomic E-state index is 12.8. The Balaban J connectivity index is 3.42. The number of carboxylic acids is 1. The number of halogens is 4. The molecule has 0 aromatic heterocycles. The molecule has 1 aromatic rings. The molecule has 10 heteroatoms. The molecule has 0 spiro atoms. The number of alkyl halides is 3. The van der Waals surface area contributed by atoms with Gasteiger partial charge in [-0.15, -0.1) is 0 Å². The molecule has 0 radical (unpaired) electrons. The van der Waals surface area contributed by atoms with E-state index < -0.39 is 43.7 Å². The van der Waals surface area contributed by atoms with E-state index in [-0.39, 0.29) is 0 Å². The Kier molecular flexibility index (Phi) is 4.67. The summed E-state index contributed by atoms with van der Waals surface area (Å²) in [6, 6.07) is 0.866. The average molecular weight is 332 g/mol. The first-order valence-corrected chi connectivity index (χ1v) is 6.94. The van der Waals surface area contributed by atoms with Crippen LogP contribution in [-0.2, 0) is 21.0 Å². The monoisotopic (exact) mass is 331 g/mol. The van der Waals surface area contributed by atoms with Crippen molar-refractivity contribution in [2.45, 2.75) is 24.0 Å². The van der Waals surface area contributed by atoms with Crippen LogP contribution in [0.5, 0.6) is 0 Å². The third kappa shape index (κ3) is 3.62. The quantitative estimate of drug-likeness (QED) is 0.885. The Morgan fingerprint density at radius 3 is 2.40 bits per heavy atom. The summed E-state index contributed by atoms with van der Waals surface area (Å²) >= 11 is 5.52. The minimum absolute atomic E-state index is 0.547.